The predicted octanol–water partition coefficient (Wildman–Crippen LogP) is 3.68. The lowest BCUT2D eigenvalue weighted by atomic mass is 10.2. The van der Waals surface area contributed by atoms with Gasteiger partial charge in [0.25, 0.3) is 5.24 Å². The third-order valence-corrected chi connectivity index (χ3v) is 5.06. The Labute approximate surface area is 152 Å². The predicted molar refractivity (Wildman–Crippen MR) is 93.6 cm³/mol. The first-order valence-corrected chi connectivity index (χ1v) is 8.78. The molecule has 1 fully saturated rings. The van der Waals surface area contributed by atoms with Crippen LogP contribution in [-0.2, 0) is 16.0 Å². The Kier molecular flexibility index (Phi) is 5.15. The Bertz CT molecular complexity index is 817. The number of thioether (sulfide) groups is 1. The lowest BCUT2D eigenvalue weighted by Crippen LogP contribution is -2.33. The molecule has 2 heterocycles. The zero-order chi connectivity index (χ0) is 18.0. The molecule has 1 aromatic carbocycles. The molecule has 0 radical (unpaired) electrons. The number of aliphatic carboxylic acids is 1. The van der Waals surface area contributed by atoms with Crippen LogP contribution in [-0.4, -0.2) is 38.9 Å². The quantitative estimate of drug-likeness (QED) is 0.823. The molecule has 0 bridgehead atoms. The number of carbonyl (C=O) groups is 3. The van der Waals surface area contributed by atoms with Gasteiger partial charge in [0.1, 0.15) is 16.8 Å². The number of benzene rings is 1. The Morgan fingerprint density at radius 1 is 1.20 bits per heavy atom. The van der Waals surface area contributed by atoms with E-state index in [1.807, 2.05) is 12.1 Å². The van der Waals surface area contributed by atoms with Crippen molar-refractivity contribution in [1.29, 1.82) is 0 Å². The van der Waals surface area contributed by atoms with E-state index in [2.05, 4.69) is 0 Å². The highest BCUT2D eigenvalue weighted by Gasteiger charge is 2.39. The molecule has 25 heavy (non-hydrogen) atoms. The topological polar surface area (TPSA) is 87.8 Å². The summed E-state index contributed by atoms with van der Waals surface area (Å²) in [5.41, 5.74) is 0.861. The average Bonchev–Trinajstić information content (AvgIpc) is 3.12. The number of imide groups is 1. The highest BCUT2D eigenvalue weighted by atomic mass is 35.5. The van der Waals surface area contributed by atoms with Crippen LogP contribution in [0.25, 0.3) is 11.3 Å². The molecule has 8 heteroatoms. The van der Waals surface area contributed by atoms with Crippen molar-refractivity contribution < 1.29 is 23.9 Å². The number of carbonyl (C=O) groups excluding carboxylic acids is 2. The van der Waals surface area contributed by atoms with Crippen molar-refractivity contribution in [3.63, 3.8) is 0 Å². The van der Waals surface area contributed by atoms with Gasteiger partial charge in [-0.15, -0.1) is 0 Å². The SMILES string of the molecule is O=C(O)CCN1C(=O)SC(Cc2ccc(-c3ccc(Cl)cc3)o2)C1=O. The lowest BCUT2D eigenvalue weighted by Gasteiger charge is -2.11. The molecular formula is C17H14ClNO5S. The van der Waals surface area contributed by atoms with E-state index >= 15 is 0 Å². The van der Waals surface area contributed by atoms with Gasteiger partial charge >= 0.3 is 5.97 Å². The molecule has 1 N–H and O–H groups in total. The molecule has 0 saturated carbocycles. The van der Waals surface area contributed by atoms with Crippen LogP contribution in [0, 0.1) is 0 Å². The maximum Gasteiger partial charge on any atom is 0.305 e. The van der Waals surface area contributed by atoms with Gasteiger partial charge in [0.05, 0.1) is 6.42 Å². The molecule has 130 valence electrons. The molecule has 1 aromatic heterocycles. The molecule has 1 atom stereocenters. The summed E-state index contributed by atoms with van der Waals surface area (Å²) in [4.78, 5) is 35.8. The summed E-state index contributed by atoms with van der Waals surface area (Å²) < 4.78 is 5.76. The fourth-order valence-electron chi connectivity index (χ4n) is 2.48. The molecule has 2 amide bonds. The summed E-state index contributed by atoms with van der Waals surface area (Å²) >= 11 is 6.76. The summed E-state index contributed by atoms with van der Waals surface area (Å²) in [6.07, 6.45) is 0.0125. The van der Waals surface area contributed by atoms with E-state index in [9.17, 15) is 14.4 Å². The highest BCUT2D eigenvalue weighted by molar-refractivity contribution is 8.15. The highest BCUT2D eigenvalue weighted by Crippen LogP contribution is 2.31. The summed E-state index contributed by atoms with van der Waals surface area (Å²) in [5.74, 6) is -0.187. The third kappa shape index (κ3) is 4.05. The van der Waals surface area contributed by atoms with Gasteiger partial charge in [-0.2, -0.15) is 0 Å². The summed E-state index contributed by atoms with van der Waals surface area (Å²) in [6, 6.07) is 10.7. The van der Waals surface area contributed by atoms with Crippen LogP contribution in [0.15, 0.2) is 40.8 Å². The second-order valence-electron chi connectivity index (χ2n) is 5.48. The summed E-state index contributed by atoms with van der Waals surface area (Å²) in [5, 5.41) is 8.32. The zero-order valence-electron chi connectivity index (χ0n) is 13.0. The van der Waals surface area contributed by atoms with Crippen molar-refractivity contribution >= 4 is 40.5 Å². The van der Waals surface area contributed by atoms with Crippen molar-refractivity contribution in [2.45, 2.75) is 18.1 Å². The zero-order valence-corrected chi connectivity index (χ0v) is 14.5. The Morgan fingerprint density at radius 2 is 1.92 bits per heavy atom. The van der Waals surface area contributed by atoms with E-state index in [4.69, 9.17) is 21.1 Å². The van der Waals surface area contributed by atoms with Crippen LogP contribution in [0.3, 0.4) is 0 Å². The van der Waals surface area contributed by atoms with Crippen LogP contribution in [0.5, 0.6) is 0 Å². The number of rotatable bonds is 6. The van der Waals surface area contributed by atoms with Crippen LogP contribution in [0.4, 0.5) is 4.79 Å². The van der Waals surface area contributed by atoms with Crippen molar-refractivity contribution in [2.75, 3.05) is 6.54 Å². The van der Waals surface area contributed by atoms with E-state index < -0.39 is 16.5 Å². The Balaban J connectivity index is 1.67. The van der Waals surface area contributed by atoms with E-state index in [1.165, 1.54) is 0 Å². The van der Waals surface area contributed by atoms with Crippen molar-refractivity contribution in [3.05, 3.63) is 47.2 Å². The number of halogens is 1. The second-order valence-corrected chi connectivity index (χ2v) is 7.07. The van der Waals surface area contributed by atoms with Gasteiger partial charge in [-0.1, -0.05) is 23.4 Å². The molecule has 1 unspecified atom stereocenters. The Morgan fingerprint density at radius 3 is 2.60 bits per heavy atom. The molecule has 1 saturated heterocycles. The first-order chi connectivity index (χ1) is 11.9. The first-order valence-electron chi connectivity index (χ1n) is 7.52. The average molecular weight is 380 g/mol. The molecule has 6 nitrogen and oxygen atoms in total. The van der Waals surface area contributed by atoms with Gasteiger partial charge in [0, 0.05) is 23.6 Å². The molecule has 3 rings (SSSR count). The first kappa shape index (κ1) is 17.6. The van der Waals surface area contributed by atoms with E-state index in [0.29, 0.717) is 16.5 Å². The maximum atomic E-state index is 12.3. The molecule has 1 aliphatic rings. The van der Waals surface area contributed by atoms with Crippen LogP contribution in [0.2, 0.25) is 5.02 Å². The number of nitrogens with zero attached hydrogens (tertiary/aromatic N) is 1. The Hall–Kier alpha value is -2.25. The van der Waals surface area contributed by atoms with Gasteiger partial charge in [-0.3, -0.25) is 19.3 Å². The van der Waals surface area contributed by atoms with Crippen LogP contribution < -0.4 is 0 Å². The van der Waals surface area contributed by atoms with E-state index in [0.717, 1.165) is 22.2 Å². The van der Waals surface area contributed by atoms with Gasteiger partial charge in [0.2, 0.25) is 5.91 Å². The fraction of sp³-hybridized carbons (Fsp3) is 0.235. The molecular weight excluding hydrogens is 366 g/mol. The van der Waals surface area contributed by atoms with Crippen LogP contribution in [0.1, 0.15) is 12.2 Å². The number of amides is 2. The van der Waals surface area contributed by atoms with Gasteiger partial charge in [-0.25, -0.2) is 0 Å². The number of furan rings is 1. The number of carboxylic acid groups (broad SMARTS) is 1. The fourth-order valence-corrected chi connectivity index (χ4v) is 3.63. The van der Waals surface area contributed by atoms with Crippen molar-refractivity contribution in [1.82, 2.24) is 4.90 Å². The monoisotopic (exact) mass is 379 g/mol. The number of carboxylic acids is 1. The minimum Gasteiger partial charge on any atom is -0.481 e. The van der Waals surface area contributed by atoms with E-state index in [-0.39, 0.29) is 25.3 Å². The van der Waals surface area contributed by atoms with Gasteiger partial charge in [-0.05, 0) is 36.4 Å². The second kappa shape index (κ2) is 7.33. The standard InChI is InChI=1S/C17H14ClNO5S/c18-11-3-1-10(2-4-11)13-6-5-12(24-13)9-14-16(22)19(17(23)25-14)8-7-15(20)21/h1-6,14H,7-9H2,(H,20,21). The molecule has 1 aliphatic heterocycles. The number of hydrogen-bond acceptors (Lipinski definition) is 5. The van der Waals surface area contributed by atoms with Crippen molar-refractivity contribution in [3.8, 4) is 11.3 Å². The van der Waals surface area contributed by atoms with Gasteiger partial charge in [0.15, 0.2) is 0 Å². The summed E-state index contributed by atoms with van der Waals surface area (Å²) in [6.45, 7) is -0.106. The minimum absolute atomic E-state index is 0.106. The molecule has 0 spiro atoms. The third-order valence-electron chi connectivity index (χ3n) is 3.73. The minimum atomic E-state index is -1.05. The lowest BCUT2D eigenvalue weighted by molar-refractivity contribution is -0.137. The maximum absolute atomic E-state index is 12.3. The summed E-state index contributed by atoms with van der Waals surface area (Å²) in [7, 11) is 0. The number of hydrogen-bond donors (Lipinski definition) is 1. The van der Waals surface area contributed by atoms with Gasteiger partial charge < -0.3 is 9.52 Å². The largest absolute Gasteiger partial charge is 0.481 e. The molecule has 2 aromatic rings. The normalized spacial score (nSPS) is 17.3. The van der Waals surface area contributed by atoms with Crippen molar-refractivity contribution in [2.24, 2.45) is 0 Å². The smallest absolute Gasteiger partial charge is 0.305 e. The molecule has 0 aliphatic carbocycles. The van der Waals surface area contributed by atoms with E-state index in [1.54, 1.807) is 24.3 Å². The van der Waals surface area contributed by atoms with Crippen LogP contribution >= 0.6 is 23.4 Å².